The summed E-state index contributed by atoms with van der Waals surface area (Å²) < 4.78 is 22.6. The van der Waals surface area contributed by atoms with Crippen LogP contribution in [0.2, 0.25) is 0 Å². The van der Waals surface area contributed by atoms with Crippen LogP contribution in [-0.4, -0.2) is 55.3 Å². The van der Waals surface area contributed by atoms with Crippen LogP contribution < -0.4 is 14.8 Å². The van der Waals surface area contributed by atoms with Crippen LogP contribution in [0.25, 0.3) is 10.9 Å². The van der Waals surface area contributed by atoms with Crippen LogP contribution in [-0.2, 0) is 14.3 Å². The first-order chi connectivity index (χ1) is 22.5. The Morgan fingerprint density at radius 3 is 2.28 bits per heavy atom. The van der Waals surface area contributed by atoms with E-state index in [1.807, 2.05) is 42.5 Å². The van der Waals surface area contributed by atoms with Gasteiger partial charge in [0.25, 0.3) is 0 Å². The summed E-state index contributed by atoms with van der Waals surface area (Å²) in [6.45, 7) is 2.54. The molecule has 0 amide bonds. The highest BCUT2D eigenvalue weighted by atomic mass is 16.6. The summed E-state index contributed by atoms with van der Waals surface area (Å²) in [6.07, 6.45) is 7.02. The molecular formula is C37H33N3O6. The maximum absolute atomic E-state index is 12.9. The molecule has 5 aromatic rings. The third kappa shape index (κ3) is 7.86. The van der Waals surface area contributed by atoms with Crippen molar-refractivity contribution in [2.24, 2.45) is 0 Å². The van der Waals surface area contributed by atoms with Gasteiger partial charge in [-0.1, -0.05) is 66.6 Å². The van der Waals surface area contributed by atoms with Crippen molar-refractivity contribution in [1.29, 1.82) is 0 Å². The maximum atomic E-state index is 12.9. The number of carbonyl (C=O) groups is 2. The number of fused-ring (bicyclic) bond motifs is 1. The lowest BCUT2D eigenvalue weighted by atomic mass is 9.97. The Bertz CT molecular complexity index is 1850. The number of anilines is 2. The fraction of sp³-hybridized carbons (Fsp3) is 0.189. The van der Waals surface area contributed by atoms with Crippen molar-refractivity contribution in [3.8, 4) is 23.8 Å². The summed E-state index contributed by atoms with van der Waals surface area (Å²) in [6, 6.07) is 27.0. The van der Waals surface area contributed by atoms with Gasteiger partial charge in [-0.2, -0.15) is 0 Å². The predicted octanol–water partition coefficient (Wildman–Crippen LogP) is 6.34. The summed E-state index contributed by atoms with van der Waals surface area (Å²) >= 11 is 0. The van der Waals surface area contributed by atoms with Crippen LogP contribution in [0.15, 0.2) is 97.3 Å². The standard InChI is InChI=1S/C37H33N3O6/c1-4-26-9-8-12-30(21-26)40-36-31-22-33(34(44-18-17-43-3)23-32(31)38-24-39-36)45-19-20-46-37(42)25(2)27-13-15-29(16-14-27)35(41)28-10-6-5-7-11-28/h1,5-16,21-25H,17-20H2,2-3H3,(H,38,39,40). The molecule has 0 aliphatic heterocycles. The van der Waals surface area contributed by atoms with Crippen molar-refractivity contribution < 1.29 is 28.5 Å². The fourth-order valence-corrected chi connectivity index (χ4v) is 4.68. The zero-order chi connectivity index (χ0) is 32.3. The monoisotopic (exact) mass is 615 g/mol. The SMILES string of the molecule is C#Cc1cccc(Nc2ncnc3cc(OCCOC)c(OCCOC(=O)C(C)c4ccc(C(=O)c5ccccc5)cc4)cc23)c1. The molecule has 0 spiro atoms. The number of nitrogens with one attached hydrogen (secondary N) is 1. The first kappa shape index (κ1) is 31.7. The second-order valence-corrected chi connectivity index (χ2v) is 10.3. The van der Waals surface area contributed by atoms with Gasteiger partial charge in [0.05, 0.1) is 18.0 Å². The predicted molar refractivity (Wildman–Crippen MR) is 176 cm³/mol. The quantitative estimate of drug-likeness (QED) is 0.0663. The molecular weight excluding hydrogens is 582 g/mol. The summed E-state index contributed by atoms with van der Waals surface area (Å²) in [5.74, 6) is 3.07. The molecule has 1 heterocycles. The van der Waals surface area contributed by atoms with E-state index in [2.05, 4.69) is 21.2 Å². The van der Waals surface area contributed by atoms with E-state index < -0.39 is 11.9 Å². The van der Waals surface area contributed by atoms with Gasteiger partial charge >= 0.3 is 5.97 Å². The number of benzene rings is 4. The number of esters is 1. The van der Waals surface area contributed by atoms with Gasteiger partial charge in [0.15, 0.2) is 17.3 Å². The average Bonchev–Trinajstić information content (AvgIpc) is 3.10. The van der Waals surface area contributed by atoms with Crippen molar-refractivity contribution in [1.82, 2.24) is 9.97 Å². The second kappa shape index (κ2) is 15.3. The minimum Gasteiger partial charge on any atom is -0.487 e. The third-order valence-corrected chi connectivity index (χ3v) is 7.19. The Morgan fingerprint density at radius 2 is 1.54 bits per heavy atom. The van der Waals surface area contributed by atoms with E-state index >= 15 is 0 Å². The highest BCUT2D eigenvalue weighted by Gasteiger charge is 2.19. The van der Waals surface area contributed by atoms with E-state index in [0.717, 1.165) is 16.8 Å². The Hall–Kier alpha value is -5.72. The molecule has 46 heavy (non-hydrogen) atoms. The van der Waals surface area contributed by atoms with E-state index in [9.17, 15) is 9.59 Å². The van der Waals surface area contributed by atoms with Crippen LogP contribution in [0.5, 0.6) is 11.5 Å². The Kier molecular flexibility index (Phi) is 10.6. The number of ether oxygens (including phenoxy) is 4. The number of methoxy groups -OCH3 is 1. The van der Waals surface area contributed by atoms with E-state index in [4.69, 9.17) is 25.4 Å². The first-order valence-electron chi connectivity index (χ1n) is 14.7. The number of hydrogen-bond acceptors (Lipinski definition) is 9. The van der Waals surface area contributed by atoms with Crippen molar-refractivity contribution in [3.05, 3.63) is 120 Å². The van der Waals surface area contributed by atoms with Crippen molar-refractivity contribution in [2.45, 2.75) is 12.8 Å². The molecule has 1 atom stereocenters. The molecule has 4 aromatic carbocycles. The first-order valence-corrected chi connectivity index (χ1v) is 14.7. The topological polar surface area (TPSA) is 109 Å². The van der Waals surface area contributed by atoms with Gasteiger partial charge in [0.1, 0.15) is 32.0 Å². The smallest absolute Gasteiger partial charge is 0.313 e. The molecule has 0 aliphatic rings. The minimum atomic E-state index is -0.534. The summed E-state index contributed by atoms with van der Waals surface area (Å²) in [5.41, 5.74) is 4.05. The lowest BCUT2D eigenvalue weighted by molar-refractivity contribution is -0.145. The van der Waals surface area contributed by atoms with Crippen LogP contribution in [0.3, 0.4) is 0 Å². The molecule has 232 valence electrons. The molecule has 0 fully saturated rings. The number of nitrogens with zero attached hydrogens (tertiary/aromatic N) is 2. The van der Waals surface area contributed by atoms with Crippen molar-refractivity contribution in [2.75, 3.05) is 38.9 Å². The lowest BCUT2D eigenvalue weighted by Gasteiger charge is -2.16. The zero-order valence-electron chi connectivity index (χ0n) is 25.6. The summed E-state index contributed by atoms with van der Waals surface area (Å²) in [5, 5.41) is 3.99. The van der Waals surface area contributed by atoms with Crippen molar-refractivity contribution in [3.63, 3.8) is 0 Å². The van der Waals surface area contributed by atoms with Crippen LogP contribution in [0, 0.1) is 12.3 Å². The molecule has 0 radical (unpaired) electrons. The number of aromatic nitrogens is 2. The molecule has 9 nitrogen and oxygen atoms in total. The van der Waals surface area contributed by atoms with Gasteiger partial charge in [-0.3, -0.25) is 9.59 Å². The van der Waals surface area contributed by atoms with Gasteiger partial charge < -0.3 is 24.3 Å². The van der Waals surface area contributed by atoms with Gasteiger partial charge in [0.2, 0.25) is 0 Å². The largest absolute Gasteiger partial charge is 0.487 e. The molecule has 1 unspecified atom stereocenters. The number of rotatable bonds is 14. The Labute approximate surface area is 267 Å². The highest BCUT2D eigenvalue weighted by molar-refractivity contribution is 6.09. The fourth-order valence-electron chi connectivity index (χ4n) is 4.68. The Balaban J connectivity index is 1.24. The number of terminal acetylenes is 1. The van der Waals surface area contributed by atoms with E-state index in [0.29, 0.717) is 52.6 Å². The second-order valence-electron chi connectivity index (χ2n) is 10.3. The lowest BCUT2D eigenvalue weighted by Crippen LogP contribution is -2.17. The molecule has 0 aliphatic carbocycles. The molecule has 0 bridgehead atoms. The van der Waals surface area contributed by atoms with Gasteiger partial charge in [0, 0.05) is 40.9 Å². The molecule has 9 heteroatoms. The number of ketones is 1. The Morgan fingerprint density at radius 1 is 0.826 bits per heavy atom. The van der Waals surface area contributed by atoms with Crippen molar-refractivity contribution >= 4 is 34.2 Å². The maximum Gasteiger partial charge on any atom is 0.313 e. The highest BCUT2D eigenvalue weighted by Crippen LogP contribution is 2.35. The minimum absolute atomic E-state index is 0.0125. The van der Waals surface area contributed by atoms with Gasteiger partial charge in [-0.05, 0) is 36.8 Å². The van der Waals surface area contributed by atoms with Gasteiger partial charge in [-0.25, -0.2) is 9.97 Å². The number of hydrogen-bond donors (Lipinski definition) is 1. The van der Waals surface area contributed by atoms with Gasteiger partial charge in [-0.15, -0.1) is 6.42 Å². The number of carbonyl (C=O) groups excluding carboxylic acids is 2. The van der Waals surface area contributed by atoms with Crippen LogP contribution in [0.1, 0.15) is 39.9 Å². The summed E-state index contributed by atoms with van der Waals surface area (Å²) in [4.78, 5) is 34.4. The van der Waals surface area contributed by atoms with E-state index in [1.54, 1.807) is 62.6 Å². The molecule has 1 aromatic heterocycles. The van der Waals surface area contributed by atoms with E-state index in [1.165, 1.54) is 6.33 Å². The third-order valence-electron chi connectivity index (χ3n) is 7.19. The van der Waals surface area contributed by atoms with Crippen LogP contribution in [0.4, 0.5) is 11.5 Å². The zero-order valence-corrected chi connectivity index (χ0v) is 25.6. The van der Waals surface area contributed by atoms with E-state index in [-0.39, 0.29) is 19.0 Å². The summed E-state index contributed by atoms with van der Waals surface area (Å²) in [7, 11) is 1.59. The molecule has 1 N–H and O–H groups in total. The molecule has 0 saturated carbocycles. The molecule has 0 saturated heterocycles. The normalized spacial score (nSPS) is 11.3. The van der Waals surface area contributed by atoms with Crippen LogP contribution >= 0.6 is 0 Å². The molecule has 5 rings (SSSR count). The average molecular weight is 616 g/mol.